The highest BCUT2D eigenvalue weighted by Gasteiger charge is 2.30. The van der Waals surface area contributed by atoms with Crippen molar-refractivity contribution in [1.29, 1.82) is 0 Å². The number of rotatable bonds is 1. The first-order valence-electron chi connectivity index (χ1n) is 8.67. The highest BCUT2D eigenvalue weighted by molar-refractivity contribution is 6.01. The van der Waals surface area contributed by atoms with Gasteiger partial charge in [0.15, 0.2) is 0 Å². The van der Waals surface area contributed by atoms with Crippen LogP contribution in [0.15, 0.2) is 30.5 Å². The molecule has 1 aliphatic rings. The minimum atomic E-state index is -0.382. The first-order chi connectivity index (χ1) is 11.8. The molecule has 1 aromatic carbocycles. The van der Waals surface area contributed by atoms with Crippen LogP contribution in [0, 0.1) is 5.41 Å². The molecule has 1 aromatic heterocycles. The average Bonchev–Trinajstić information content (AvgIpc) is 2.96. The normalized spacial score (nSPS) is 15.5. The predicted molar refractivity (Wildman–Crippen MR) is 99.5 cm³/mol. The van der Waals surface area contributed by atoms with Gasteiger partial charge in [-0.1, -0.05) is 26.8 Å². The zero-order valence-corrected chi connectivity index (χ0v) is 15.4. The van der Waals surface area contributed by atoms with Gasteiger partial charge in [-0.3, -0.25) is 4.79 Å². The van der Waals surface area contributed by atoms with Gasteiger partial charge in [-0.2, -0.15) is 0 Å². The van der Waals surface area contributed by atoms with E-state index >= 15 is 0 Å². The molecule has 0 unspecified atom stereocenters. The molecular weight excluding hydrogens is 316 g/mol. The quantitative estimate of drug-likeness (QED) is 0.866. The number of aryl methyl sites for hydroxylation is 1. The van der Waals surface area contributed by atoms with Gasteiger partial charge in [0.2, 0.25) is 5.91 Å². The number of nitrogens with one attached hydrogen (secondary N) is 1. The fourth-order valence-corrected chi connectivity index (χ4v) is 3.19. The molecule has 1 saturated heterocycles. The summed E-state index contributed by atoms with van der Waals surface area (Å²) >= 11 is 0. The van der Waals surface area contributed by atoms with Gasteiger partial charge in [-0.15, -0.1) is 0 Å². The fraction of sp³-hybridized carbons (Fsp3) is 0.474. The van der Waals surface area contributed by atoms with E-state index in [-0.39, 0.29) is 17.4 Å². The molecule has 6 nitrogen and oxygen atoms in total. The molecule has 6 heteroatoms. The van der Waals surface area contributed by atoms with Crippen LogP contribution >= 0.6 is 0 Å². The van der Waals surface area contributed by atoms with E-state index in [1.54, 1.807) is 4.90 Å². The second-order valence-corrected chi connectivity index (χ2v) is 7.62. The summed E-state index contributed by atoms with van der Waals surface area (Å²) in [6.07, 6.45) is 1.98. The number of aromatic nitrogens is 1. The number of anilines is 1. The van der Waals surface area contributed by atoms with E-state index in [9.17, 15) is 9.59 Å². The van der Waals surface area contributed by atoms with Crippen molar-refractivity contribution < 1.29 is 9.59 Å². The summed E-state index contributed by atoms with van der Waals surface area (Å²) < 4.78 is 2.03. The Labute approximate surface area is 148 Å². The molecule has 0 aliphatic carbocycles. The first-order valence-corrected chi connectivity index (χ1v) is 8.67. The van der Waals surface area contributed by atoms with Gasteiger partial charge in [0.05, 0.1) is 5.69 Å². The number of hydrogen-bond acceptors (Lipinski definition) is 2. The lowest BCUT2D eigenvalue weighted by Gasteiger charge is -2.37. The number of amides is 3. The lowest BCUT2D eigenvalue weighted by atomic mass is 9.94. The van der Waals surface area contributed by atoms with Crippen LogP contribution in [-0.2, 0) is 11.8 Å². The van der Waals surface area contributed by atoms with Crippen LogP contribution in [0.2, 0.25) is 0 Å². The molecule has 2 heterocycles. The van der Waals surface area contributed by atoms with Crippen LogP contribution in [0.5, 0.6) is 0 Å². The van der Waals surface area contributed by atoms with E-state index in [2.05, 4.69) is 5.32 Å². The van der Waals surface area contributed by atoms with Crippen LogP contribution in [0.4, 0.5) is 10.5 Å². The summed E-state index contributed by atoms with van der Waals surface area (Å²) in [5.74, 6) is 0.140. The summed E-state index contributed by atoms with van der Waals surface area (Å²) in [5.41, 5.74) is 1.52. The number of carbonyl (C=O) groups is 2. The van der Waals surface area contributed by atoms with E-state index in [4.69, 9.17) is 0 Å². The molecule has 1 aliphatic heterocycles. The Morgan fingerprint density at radius 3 is 2.28 bits per heavy atom. The monoisotopic (exact) mass is 342 g/mol. The highest BCUT2D eigenvalue weighted by atomic mass is 16.2. The van der Waals surface area contributed by atoms with Crippen molar-refractivity contribution in [1.82, 2.24) is 14.4 Å². The van der Waals surface area contributed by atoms with Gasteiger partial charge < -0.3 is 19.7 Å². The van der Waals surface area contributed by atoms with Gasteiger partial charge in [-0.25, -0.2) is 4.79 Å². The highest BCUT2D eigenvalue weighted by Crippen LogP contribution is 2.24. The molecule has 0 saturated carbocycles. The van der Waals surface area contributed by atoms with E-state index < -0.39 is 0 Å². The number of nitrogens with zero attached hydrogens (tertiary/aromatic N) is 3. The van der Waals surface area contributed by atoms with Crippen molar-refractivity contribution in [2.45, 2.75) is 20.8 Å². The number of urea groups is 1. The maximum absolute atomic E-state index is 12.6. The van der Waals surface area contributed by atoms with Crippen molar-refractivity contribution in [3.8, 4) is 0 Å². The van der Waals surface area contributed by atoms with Crippen molar-refractivity contribution in [3.63, 3.8) is 0 Å². The molecule has 0 bridgehead atoms. The van der Waals surface area contributed by atoms with E-state index in [0.29, 0.717) is 26.2 Å². The lowest BCUT2D eigenvalue weighted by Crippen LogP contribution is -2.53. The van der Waals surface area contributed by atoms with Gasteiger partial charge >= 0.3 is 6.03 Å². The number of hydrogen-bond donors (Lipinski definition) is 1. The number of carbonyl (C=O) groups excluding carboxylic acids is 2. The molecule has 2 aromatic rings. The predicted octanol–water partition coefficient (Wildman–Crippen LogP) is 2.90. The molecule has 25 heavy (non-hydrogen) atoms. The summed E-state index contributed by atoms with van der Waals surface area (Å²) in [6.45, 7) is 8.05. The average molecular weight is 342 g/mol. The first kappa shape index (κ1) is 17.3. The Bertz CT molecular complexity index is 795. The molecule has 0 radical (unpaired) electrons. The largest absolute Gasteiger partial charge is 0.350 e. The van der Waals surface area contributed by atoms with Crippen molar-refractivity contribution in [2.24, 2.45) is 12.5 Å². The standard InChI is InChI=1S/C19H26N4O2/c1-19(2,3)17(24)22-10-12-23(13-11-22)18(25)20-15-6-5-7-16-14(15)8-9-21(16)4/h5-9H,10-13H2,1-4H3,(H,20,25). The Morgan fingerprint density at radius 1 is 1.00 bits per heavy atom. The molecule has 3 rings (SSSR count). The fourth-order valence-electron chi connectivity index (χ4n) is 3.19. The molecule has 3 amide bonds. The molecular formula is C19H26N4O2. The van der Waals surface area contributed by atoms with Crippen molar-refractivity contribution in [2.75, 3.05) is 31.5 Å². The van der Waals surface area contributed by atoms with Crippen molar-refractivity contribution >= 4 is 28.5 Å². The second kappa shape index (κ2) is 6.43. The zero-order chi connectivity index (χ0) is 18.2. The van der Waals surface area contributed by atoms with Gasteiger partial charge in [-0.05, 0) is 18.2 Å². The maximum Gasteiger partial charge on any atom is 0.321 e. The minimum Gasteiger partial charge on any atom is -0.350 e. The maximum atomic E-state index is 12.6. The van der Waals surface area contributed by atoms with Gasteiger partial charge in [0, 0.05) is 55.7 Å². The summed E-state index contributed by atoms with van der Waals surface area (Å²) in [6, 6.07) is 7.78. The smallest absolute Gasteiger partial charge is 0.321 e. The van der Waals surface area contributed by atoms with E-state index in [0.717, 1.165) is 16.6 Å². The van der Waals surface area contributed by atoms with Crippen LogP contribution in [0.1, 0.15) is 20.8 Å². The van der Waals surface area contributed by atoms with E-state index in [1.807, 2.05) is 67.7 Å². The zero-order valence-electron chi connectivity index (χ0n) is 15.4. The Hall–Kier alpha value is -2.50. The topological polar surface area (TPSA) is 57.6 Å². The molecule has 0 atom stereocenters. The summed E-state index contributed by atoms with van der Waals surface area (Å²) in [5, 5.41) is 4.04. The Balaban J connectivity index is 1.64. The number of benzene rings is 1. The molecule has 0 spiro atoms. The molecule has 1 fully saturated rings. The van der Waals surface area contributed by atoms with Crippen LogP contribution in [0.25, 0.3) is 10.9 Å². The third-order valence-electron chi connectivity index (χ3n) is 4.67. The van der Waals surface area contributed by atoms with Crippen LogP contribution < -0.4 is 5.32 Å². The van der Waals surface area contributed by atoms with Crippen molar-refractivity contribution in [3.05, 3.63) is 30.5 Å². The second-order valence-electron chi connectivity index (χ2n) is 7.62. The third kappa shape index (κ3) is 3.48. The van der Waals surface area contributed by atoms with E-state index in [1.165, 1.54) is 0 Å². The lowest BCUT2D eigenvalue weighted by molar-refractivity contribution is -0.140. The minimum absolute atomic E-state index is 0.112. The van der Waals surface area contributed by atoms with Gasteiger partial charge in [0.25, 0.3) is 0 Å². The summed E-state index contributed by atoms with van der Waals surface area (Å²) in [7, 11) is 1.99. The van der Waals surface area contributed by atoms with Crippen LogP contribution in [0.3, 0.4) is 0 Å². The summed E-state index contributed by atoms with van der Waals surface area (Å²) in [4.78, 5) is 28.6. The third-order valence-corrected chi connectivity index (χ3v) is 4.67. The van der Waals surface area contributed by atoms with Gasteiger partial charge in [0.1, 0.15) is 0 Å². The number of fused-ring (bicyclic) bond motifs is 1. The number of piperazine rings is 1. The SMILES string of the molecule is Cn1ccc2c(NC(=O)N3CCN(C(=O)C(C)(C)C)CC3)cccc21. The Kier molecular flexibility index (Phi) is 4.45. The Morgan fingerprint density at radius 2 is 1.64 bits per heavy atom. The van der Waals surface area contributed by atoms with Crippen LogP contribution in [-0.4, -0.2) is 52.5 Å². The molecule has 134 valence electrons. The molecule has 1 N–H and O–H groups in total.